The van der Waals surface area contributed by atoms with Gasteiger partial charge in [-0.25, -0.2) is 0 Å². The summed E-state index contributed by atoms with van der Waals surface area (Å²) in [5, 5.41) is 0. The maximum Gasteiger partial charge on any atom is 0.0570 e. The van der Waals surface area contributed by atoms with Gasteiger partial charge in [0, 0.05) is 4.90 Å². The van der Waals surface area contributed by atoms with Crippen LogP contribution in [0.3, 0.4) is 0 Å². The van der Waals surface area contributed by atoms with E-state index in [1.807, 2.05) is 6.07 Å². The van der Waals surface area contributed by atoms with Gasteiger partial charge in [-0.05, 0) is 12.1 Å². The molecule has 0 spiro atoms. The number of hydrogen-bond acceptors (Lipinski definition) is 1. The summed E-state index contributed by atoms with van der Waals surface area (Å²) in [6, 6.07) is 8.93. The van der Waals surface area contributed by atoms with E-state index in [0.717, 1.165) is 0 Å². The van der Waals surface area contributed by atoms with Crippen LogP contribution in [0.4, 0.5) is 0 Å². The van der Waals surface area contributed by atoms with Gasteiger partial charge in [0.2, 0.25) is 0 Å². The van der Waals surface area contributed by atoms with Gasteiger partial charge in [-0.2, -0.15) is 0 Å². The SMILES string of the molecule is N=S(O)c1ccccc1. The van der Waals surface area contributed by atoms with Crippen LogP contribution >= 0.6 is 0 Å². The number of nitrogens with one attached hydrogen (secondary N) is 1. The van der Waals surface area contributed by atoms with Crippen LogP contribution in [0.1, 0.15) is 0 Å². The molecule has 0 aliphatic carbocycles. The zero-order valence-corrected chi connectivity index (χ0v) is 5.56. The third-order valence-electron chi connectivity index (χ3n) is 0.966. The van der Waals surface area contributed by atoms with Gasteiger partial charge >= 0.3 is 0 Å². The lowest BCUT2D eigenvalue weighted by Gasteiger charge is -1.92. The van der Waals surface area contributed by atoms with Crippen LogP contribution in [-0.2, 0) is 11.0 Å². The zero-order valence-electron chi connectivity index (χ0n) is 4.74. The Bertz CT molecular complexity index is 210. The maximum atomic E-state index is 8.72. The molecule has 0 aromatic heterocycles. The van der Waals surface area contributed by atoms with Crippen LogP contribution in [0.5, 0.6) is 0 Å². The summed E-state index contributed by atoms with van der Waals surface area (Å²) in [6.45, 7) is 0. The number of rotatable bonds is 1. The predicted molar refractivity (Wildman–Crippen MR) is 37.4 cm³/mol. The Morgan fingerprint density at radius 2 is 1.78 bits per heavy atom. The minimum absolute atomic E-state index is 0.664. The Morgan fingerprint density at radius 1 is 1.22 bits per heavy atom. The summed E-state index contributed by atoms with van der Waals surface area (Å²) >= 11 is 0. The van der Waals surface area contributed by atoms with Crippen molar-refractivity contribution in [2.75, 3.05) is 0 Å². The first-order valence-corrected chi connectivity index (χ1v) is 3.68. The van der Waals surface area contributed by atoms with Crippen molar-refractivity contribution in [2.24, 2.45) is 0 Å². The van der Waals surface area contributed by atoms with Crippen molar-refractivity contribution < 1.29 is 4.55 Å². The molecule has 1 aromatic rings. The summed E-state index contributed by atoms with van der Waals surface area (Å²) in [5.41, 5.74) is 0. The molecular formula is C6H7NOS. The zero-order chi connectivity index (χ0) is 6.69. The lowest BCUT2D eigenvalue weighted by Crippen LogP contribution is -1.82. The van der Waals surface area contributed by atoms with Gasteiger partial charge in [0.15, 0.2) is 0 Å². The monoisotopic (exact) mass is 141 g/mol. The van der Waals surface area contributed by atoms with E-state index >= 15 is 0 Å². The lowest BCUT2D eigenvalue weighted by atomic mass is 10.4. The second kappa shape index (κ2) is 2.75. The standard InChI is InChI=1S/C6H7NOS/c7-9(8)6-4-2-1-3-5-6/h1-5H,(H2,7,8). The molecule has 0 amide bonds. The van der Waals surface area contributed by atoms with Crippen molar-refractivity contribution in [1.29, 1.82) is 4.78 Å². The highest BCUT2D eigenvalue weighted by atomic mass is 32.2. The van der Waals surface area contributed by atoms with Crippen molar-refractivity contribution in [1.82, 2.24) is 0 Å². The molecule has 3 heteroatoms. The third kappa shape index (κ3) is 1.62. The molecule has 1 rings (SSSR count). The summed E-state index contributed by atoms with van der Waals surface area (Å²) in [4.78, 5) is 0.664. The largest absolute Gasteiger partial charge is 0.318 e. The highest BCUT2D eigenvalue weighted by Gasteiger charge is 1.89. The van der Waals surface area contributed by atoms with E-state index in [0.29, 0.717) is 4.90 Å². The molecule has 0 aliphatic rings. The van der Waals surface area contributed by atoms with E-state index in [1.165, 1.54) is 0 Å². The molecule has 48 valence electrons. The number of benzene rings is 1. The topological polar surface area (TPSA) is 44.1 Å². The molecule has 0 saturated carbocycles. The van der Waals surface area contributed by atoms with Crippen LogP contribution in [-0.4, -0.2) is 4.55 Å². The maximum absolute atomic E-state index is 8.72. The minimum atomic E-state index is -1.33. The molecule has 0 bridgehead atoms. The van der Waals surface area contributed by atoms with Crippen molar-refractivity contribution in [3.05, 3.63) is 30.3 Å². The van der Waals surface area contributed by atoms with Gasteiger partial charge in [0.25, 0.3) is 0 Å². The van der Waals surface area contributed by atoms with Gasteiger partial charge in [-0.3, -0.25) is 4.78 Å². The fourth-order valence-corrected chi connectivity index (χ4v) is 0.964. The first kappa shape index (κ1) is 6.45. The Balaban J connectivity index is 2.98. The molecule has 0 radical (unpaired) electrons. The van der Waals surface area contributed by atoms with E-state index in [-0.39, 0.29) is 0 Å². The second-order valence-electron chi connectivity index (χ2n) is 1.60. The molecule has 9 heavy (non-hydrogen) atoms. The first-order chi connectivity index (χ1) is 4.30. The molecule has 0 fully saturated rings. The van der Waals surface area contributed by atoms with Gasteiger partial charge < -0.3 is 4.55 Å². The van der Waals surface area contributed by atoms with E-state index in [1.54, 1.807) is 24.3 Å². The molecule has 0 saturated heterocycles. The van der Waals surface area contributed by atoms with E-state index in [9.17, 15) is 0 Å². The van der Waals surface area contributed by atoms with Crippen LogP contribution in [0.15, 0.2) is 35.2 Å². The summed E-state index contributed by atoms with van der Waals surface area (Å²) in [7, 11) is -1.33. The highest BCUT2D eigenvalue weighted by Crippen LogP contribution is 2.01. The summed E-state index contributed by atoms with van der Waals surface area (Å²) in [5.74, 6) is 0. The van der Waals surface area contributed by atoms with E-state index in [4.69, 9.17) is 9.33 Å². The van der Waals surface area contributed by atoms with Gasteiger partial charge in [0.05, 0.1) is 11.0 Å². The first-order valence-electron chi connectivity index (χ1n) is 2.50. The lowest BCUT2D eigenvalue weighted by molar-refractivity contribution is 0.645. The molecule has 1 aromatic carbocycles. The highest BCUT2D eigenvalue weighted by molar-refractivity contribution is 7.80. The average molecular weight is 141 g/mol. The van der Waals surface area contributed by atoms with Crippen molar-refractivity contribution in [2.45, 2.75) is 4.90 Å². The normalized spacial score (nSPS) is 13.0. The van der Waals surface area contributed by atoms with Crippen molar-refractivity contribution >= 4 is 11.0 Å². The molecule has 0 heterocycles. The van der Waals surface area contributed by atoms with Crippen molar-refractivity contribution in [3.8, 4) is 0 Å². The minimum Gasteiger partial charge on any atom is -0.318 e. The molecule has 2 N–H and O–H groups in total. The number of hydrogen-bond donors (Lipinski definition) is 2. The molecule has 1 atom stereocenters. The fourth-order valence-electron chi connectivity index (χ4n) is 0.549. The molecule has 1 unspecified atom stereocenters. The fraction of sp³-hybridized carbons (Fsp3) is 0. The molecule has 2 nitrogen and oxygen atoms in total. The second-order valence-corrected chi connectivity index (χ2v) is 2.64. The van der Waals surface area contributed by atoms with Gasteiger partial charge in [-0.15, -0.1) is 0 Å². The summed E-state index contributed by atoms with van der Waals surface area (Å²) < 4.78 is 15.6. The van der Waals surface area contributed by atoms with Crippen LogP contribution in [0.2, 0.25) is 0 Å². The van der Waals surface area contributed by atoms with E-state index < -0.39 is 11.0 Å². The van der Waals surface area contributed by atoms with Crippen LogP contribution < -0.4 is 0 Å². The van der Waals surface area contributed by atoms with Gasteiger partial charge in [0.1, 0.15) is 0 Å². The predicted octanol–water partition coefficient (Wildman–Crippen LogP) is 1.90. The smallest absolute Gasteiger partial charge is 0.0570 e. The van der Waals surface area contributed by atoms with Gasteiger partial charge in [-0.1, -0.05) is 18.2 Å². The van der Waals surface area contributed by atoms with Crippen LogP contribution in [0.25, 0.3) is 0 Å². The Kier molecular flexibility index (Phi) is 1.97. The Hall–Kier alpha value is -0.670. The molecular weight excluding hydrogens is 134 g/mol. The average Bonchev–Trinajstić information content (AvgIpc) is 1.90. The Morgan fingerprint density at radius 3 is 2.11 bits per heavy atom. The molecule has 0 aliphatic heterocycles. The third-order valence-corrected chi connectivity index (χ3v) is 1.69. The van der Waals surface area contributed by atoms with Crippen molar-refractivity contribution in [3.63, 3.8) is 0 Å². The van der Waals surface area contributed by atoms with Crippen LogP contribution in [0, 0.1) is 4.78 Å². The quantitative estimate of drug-likeness (QED) is 0.616. The van der Waals surface area contributed by atoms with E-state index in [2.05, 4.69) is 0 Å². The Labute approximate surface area is 56.3 Å². The summed E-state index contributed by atoms with van der Waals surface area (Å²) in [6.07, 6.45) is 0.